The number of likely N-dealkylation sites (tertiary alicyclic amines) is 1. The van der Waals surface area contributed by atoms with E-state index in [9.17, 15) is 4.79 Å². The van der Waals surface area contributed by atoms with E-state index >= 15 is 0 Å². The van der Waals surface area contributed by atoms with Gasteiger partial charge in [-0.05, 0) is 63.5 Å². The standard InChI is InChI=1S/C25H40N4O3/c1-25(2,3)32-24(30)29(17-19-10-11-19)22-12-14-28(15-13-22)23(26-4)27-16-20-8-6-7-9-21(20)18-31-5/h6-9,19,22H,10-18H2,1-5H3,(H,26,27). The molecule has 1 aromatic carbocycles. The lowest BCUT2D eigenvalue weighted by Gasteiger charge is -2.40. The Morgan fingerprint density at radius 2 is 1.81 bits per heavy atom. The summed E-state index contributed by atoms with van der Waals surface area (Å²) in [5.41, 5.74) is 1.93. The maximum Gasteiger partial charge on any atom is 0.410 e. The first-order chi connectivity index (χ1) is 15.3. The van der Waals surface area contributed by atoms with Gasteiger partial charge < -0.3 is 24.6 Å². The fraction of sp³-hybridized carbons (Fsp3) is 0.680. The fourth-order valence-electron chi connectivity index (χ4n) is 4.19. The van der Waals surface area contributed by atoms with Crippen LogP contribution in [0.5, 0.6) is 0 Å². The predicted molar refractivity (Wildman–Crippen MR) is 128 cm³/mol. The van der Waals surface area contributed by atoms with Gasteiger partial charge in [-0.1, -0.05) is 24.3 Å². The number of benzene rings is 1. The lowest BCUT2D eigenvalue weighted by molar-refractivity contribution is 0.00928. The largest absolute Gasteiger partial charge is 0.444 e. The molecule has 7 heteroatoms. The van der Waals surface area contributed by atoms with Crippen molar-refractivity contribution < 1.29 is 14.3 Å². The first kappa shape index (κ1) is 24.4. The van der Waals surface area contributed by atoms with Crippen LogP contribution < -0.4 is 5.32 Å². The summed E-state index contributed by atoms with van der Waals surface area (Å²) in [7, 11) is 3.55. The van der Waals surface area contributed by atoms with E-state index < -0.39 is 5.60 Å². The molecular formula is C25H40N4O3. The van der Waals surface area contributed by atoms with Crippen LogP contribution in [0.2, 0.25) is 0 Å². The highest BCUT2D eigenvalue weighted by Crippen LogP contribution is 2.32. The summed E-state index contributed by atoms with van der Waals surface area (Å²) in [5, 5.41) is 3.51. The second kappa shape index (κ2) is 11.0. The molecule has 0 unspecified atom stereocenters. The zero-order valence-corrected chi connectivity index (χ0v) is 20.4. The Bertz CT molecular complexity index is 778. The maximum atomic E-state index is 12.9. The molecule has 1 aromatic rings. The maximum absolute atomic E-state index is 12.9. The van der Waals surface area contributed by atoms with Crippen molar-refractivity contribution in [3.8, 4) is 0 Å². The third kappa shape index (κ3) is 7.12. The van der Waals surface area contributed by atoms with E-state index in [2.05, 4.69) is 33.4 Å². The molecule has 1 heterocycles. The number of hydrogen-bond acceptors (Lipinski definition) is 4. The summed E-state index contributed by atoms with van der Waals surface area (Å²) in [5.74, 6) is 1.55. The van der Waals surface area contributed by atoms with Crippen LogP contribution in [0, 0.1) is 5.92 Å². The Hall–Kier alpha value is -2.28. The monoisotopic (exact) mass is 444 g/mol. The minimum atomic E-state index is -0.468. The third-order valence-corrected chi connectivity index (χ3v) is 6.05. The average Bonchev–Trinajstić information content (AvgIpc) is 3.57. The molecule has 0 radical (unpaired) electrons. The number of ether oxygens (including phenoxy) is 2. The van der Waals surface area contributed by atoms with Gasteiger partial charge in [0.15, 0.2) is 5.96 Å². The van der Waals surface area contributed by atoms with Crippen LogP contribution in [0.4, 0.5) is 4.79 Å². The Morgan fingerprint density at radius 1 is 1.16 bits per heavy atom. The number of carbonyl (C=O) groups excluding carboxylic acids is 1. The van der Waals surface area contributed by atoms with Crippen molar-refractivity contribution in [1.29, 1.82) is 0 Å². The zero-order valence-electron chi connectivity index (χ0n) is 20.4. The molecule has 1 saturated heterocycles. The molecule has 7 nitrogen and oxygen atoms in total. The highest BCUT2D eigenvalue weighted by Gasteiger charge is 2.35. The fourth-order valence-corrected chi connectivity index (χ4v) is 4.19. The van der Waals surface area contributed by atoms with Gasteiger partial charge in [-0.2, -0.15) is 0 Å². The lowest BCUT2D eigenvalue weighted by Crippen LogP contribution is -2.52. The van der Waals surface area contributed by atoms with E-state index in [-0.39, 0.29) is 12.1 Å². The number of rotatable bonds is 7. The van der Waals surface area contributed by atoms with Gasteiger partial charge in [-0.25, -0.2) is 4.79 Å². The molecule has 1 saturated carbocycles. The first-order valence-electron chi connectivity index (χ1n) is 11.8. The predicted octanol–water partition coefficient (Wildman–Crippen LogP) is 4.02. The van der Waals surface area contributed by atoms with Crippen LogP contribution in [0.25, 0.3) is 0 Å². The van der Waals surface area contributed by atoms with E-state index in [4.69, 9.17) is 9.47 Å². The van der Waals surface area contributed by atoms with Gasteiger partial charge in [0.25, 0.3) is 0 Å². The molecule has 0 spiro atoms. The molecular weight excluding hydrogens is 404 g/mol. The minimum Gasteiger partial charge on any atom is -0.444 e. The highest BCUT2D eigenvalue weighted by molar-refractivity contribution is 5.80. The van der Waals surface area contributed by atoms with Gasteiger partial charge in [0.2, 0.25) is 0 Å². The number of nitrogens with one attached hydrogen (secondary N) is 1. The molecule has 0 atom stereocenters. The highest BCUT2D eigenvalue weighted by atomic mass is 16.6. The van der Waals surface area contributed by atoms with Crippen molar-refractivity contribution in [2.24, 2.45) is 10.9 Å². The van der Waals surface area contributed by atoms with Crippen molar-refractivity contribution in [3.05, 3.63) is 35.4 Å². The van der Waals surface area contributed by atoms with Gasteiger partial charge in [0.05, 0.1) is 6.61 Å². The number of piperidine rings is 1. The summed E-state index contributed by atoms with van der Waals surface area (Å²) in [6.07, 6.45) is 4.12. The summed E-state index contributed by atoms with van der Waals surface area (Å²) < 4.78 is 11.0. The molecule has 0 aromatic heterocycles. The number of amides is 1. The average molecular weight is 445 g/mol. The zero-order chi connectivity index (χ0) is 23.1. The molecule has 1 amide bonds. The van der Waals surface area contributed by atoms with Crippen molar-refractivity contribution in [2.75, 3.05) is 33.8 Å². The molecule has 2 aliphatic rings. The number of hydrogen-bond donors (Lipinski definition) is 1. The molecule has 32 heavy (non-hydrogen) atoms. The Labute approximate surface area is 193 Å². The molecule has 1 N–H and O–H groups in total. The van der Waals surface area contributed by atoms with E-state index in [1.165, 1.54) is 24.0 Å². The lowest BCUT2D eigenvalue weighted by atomic mass is 10.0. The number of methoxy groups -OCH3 is 1. The van der Waals surface area contributed by atoms with Gasteiger partial charge in [0, 0.05) is 46.4 Å². The van der Waals surface area contributed by atoms with Crippen LogP contribution in [0.1, 0.15) is 57.6 Å². The van der Waals surface area contributed by atoms with Crippen LogP contribution in [0.15, 0.2) is 29.3 Å². The van der Waals surface area contributed by atoms with Crippen LogP contribution in [-0.2, 0) is 22.6 Å². The van der Waals surface area contributed by atoms with Crippen LogP contribution in [0.3, 0.4) is 0 Å². The normalized spacial score (nSPS) is 17.9. The summed E-state index contributed by atoms with van der Waals surface area (Å²) in [6.45, 7) is 9.67. The number of carbonyl (C=O) groups is 1. The Balaban J connectivity index is 1.56. The van der Waals surface area contributed by atoms with Crippen LogP contribution in [-0.4, -0.2) is 67.3 Å². The van der Waals surface area contributed by atoms with Gasteiger partial charge >= 0.3 is 6.09 Å². The Morgan fingerprint density at radius 3 is 2.38 bits per heavy atom. The van der Waals surface area contributed by atoms with Crippen LogP contribution >= 0.6 is 0 Å². The molecule has 0 bridgehead atoms. The topological polar surface area (TPSA) is 66.4 Å². The van der Waals surface area contributed by atoms with Gasteiger partial charge in [-0.15, -0.1) is 0 Å². The summed E-state index contributed by atoms with van der Waals surface area (Å²) >= 11 is 0. The van der Waals surface area contributed by atoms with E-state index in [1.807, 2.05) is 38.8 Å². The second-order valence-electron chi connectivity index (χ2n) is 9.90. The molecule has 1 aliphatic heterocycles. The smallest absolute Gasteiger partial charge is 0.410 e. The molecule has 1 aliphatic carbocycles. The first-order valence-corrected chi connectivity index (χ1v) is 11.8. The number of nitrogens with zero attached hydrogens (tertiary/aromatic N) is 3. The Kier molecular flexibility index (Phi) is 8.40. The summed E-state index contributed by atoms with van der Waals surface area (Å²) in [6, 6.07) is 8.53. The minimum absolute atomic E-state index is 0.167. The van der Waals surface area contributed by atoms with E-state index in [0.717, 1.165) is 38.4 Å². The van der Waals surface area contributed by atoms with E-state index in [1.54, 1.807) is 7.11 Å². The molecule has 178 valence electrons. The van der Waals surface area contributed by atoms with Gasteiger partial charge in [-0.3, -0.25) is 4.99 Å². The number of aliphatic imine (C=N–C) groups is 1. The summed E-state index contributed by atoms with van der Waals surface area (Å²) in [4.78, 5) is 21.7. The molecule has 3 rings (SSSR count). The van der Waals surface area contributed by atoms with Crippen molar-refractivity contribution in [3.63, 3.8) is 0 Å². The number of guanidine groups is 1. The van der Waals surface area contributed by atoms with E-state index in [0.29, 0.717) is 19.1 Å². The van der Waals surface area contributed by atoms with Crippen molar-refractivity contribution >= 4 is 12.1 Å². The molecule has 2 fully saturated rings. The van der Waals surface area contributed by atoms with Gasteiger partial charge in [0.1, 0.15) is 5.60 Å². The SMILES string of the molecule is CN=C(NCc1ccccc1COC)N1CCC(N(CC2CC2)C(=O)OC(C)(C)C)CC1. The third-order valence-electron chi connectivity index (χ3n) is 6.05. The quantitative estimate of drug-likeness (QED) is 0.508. The second-order valence-corrected chi connectivity index (χ2v) is 9.90. The van der Waals surface area contributed by atoms with Crippen molar-refractivity contribution in [1.82, 2.24) is 15.1 Å². The van der Waals surface area contributed by atoms with Crippen molar-refractivity contribution in [2.45, 2.75) is 71.2 Å².